The Hall–Kier alpha value is -0.580. The SMILES string of the molecule is COCn1c(C=O)nc(Cl)c1Cl. The zero-order chi connectivity index (χ0) is 9.14. The maximum Gasteiger partial charge on any atom is 0.185 e. The van der Waals surface area contributed by atoms with Crippen molar-refractivity contribution in [2.75, 3.05) is 7.11 Å². The minimum atomic E-state index is 0.107. The first-order valence-corrected chi connectivity index (χ1v) is 3.82. The summed E-state index contributed by atoms with van der Waals surface area (Å²) in [6.45, 7) is 0.159. The molecule has 0 aliphatic heterocycles. The number of carbonyl (C=O) groups is 1. The molecule has 0 saturated carbocycles. The van der Waals surface area contributed by atoms with Gasteiger partial charge in [-0.2, -0.15) is 0 Å². The molecule has 0 amide bonds. The van der Waals surface area contributed by atoms with Crippen LogP contribution in [0.3, 0.4) is 0 Å². The fraction of sp³-hybridized carbons (Fsp3) is 0.333. The Kier molecular flexibility index (Phi) is 3.08. The Labute approximate surface area is 79.0 Å². The summed E-state index contributed by atoms with van der Waals surface area (Å²) in [5, 5.41) is 0.316. The molecule has 0 N–H and O–H groups in total. The monoisotopic (exact) mass is 208 g/mol. The summed E-state index contributed by atoms with van der Waals surface area (Å²) in [7, 11) is 1.48. The maximum atomic E-state index is 10.4. The minimum Gasteiger partial charge on any atom is -0.364 e. The summed E-state index contributed by atoms with van der Waals surface area (Å²) in [6, 6.07) is 0. The molecule has 0 spiro atoms. The first kappa shape index (κ1) is 9.51. The molecular formula is C6H6Cl2N2O2. The number of aromatic nitrogens is 2. The molecule has 0 fully saturated rings. The first-order chi connectivity index (χ1) is 5.70. The van der Waals surface area contributed by atoms with Crippen LogP contribution in [-0.2, 0) is 11.5 Å². The standard InChI is InChI=1S/C6H6Cl2N2O2/c1-12-3-10-4(2-11)9-5(7)6(10)8/h2H,3H2,1H3. The summed E-state index contributed by atoms with van der Waals surface area (Å²) in [5.41, 5.74) is 0. The number of halogens is 2. The van der Waals surface area contributed by atoms with Crippen LogP contribution in [0, 0.1) is 0 Å². The Bertz CT molecular complexity index is 298. The molecule has 4 nitrogen and oxygen atoms in total. The topological polar surface area (TPSA) is 44.1 Å². The number of hydrogen-bond donors (Lipinski definition) is 0. The molecular weight excluding hydrogens is 203 g/mol. The number of hydrogen-bond acceptors (Lipinski definition) is 3. The van der Waals surface area contributed by atoms with Gasteiger partial charge in [-0.05, 0) is 0 Å². The van der Waals surface area contributed by atoms with Gasteiger partial charge in [0.2, 0.25) is 0 Å². The lowest BCUT2D eigenvalue weighted by Crippen LogP contribution is -2.04. The number of nitrogens with zero attached hydrogens (tertiary/aromatic N) is 2. The molecule has 66 valence electrons. The Morgan fingerprint density at radius 2 is 2.33 bits per heavy atom. The smallest absolute Gasteiger partial charge is 0.185 e. The summed E-state index contributed by atoms with van der Waals surface area (Å²) in [5.74, 6) is 0.159. The van der Waals surface area contributed by atoms with Crippen LogP contribution in [0.2, 0.25) is 10.3 Å². The van der Waals surface area contributed by atoms with Gasteiger partial charge >= 0.3 is 0 Å². The van der Waals surface area contributed by atoms with Crippen molar-refractivity contribution >= 4 is 29.5 Å². The van der Waals surface area contributed by atoms with E-state index in [0.717, 1.165) is 0 Å². The van der Waals surface area contributed by atoms with E-state index in [1.54, 1.807) is 0 Å². The molecule has 1 aromatic rings. The van der Waals surface area contributed by atoms with Crippen LogP contribution >= 0.6 is 23.2 Å². The van der Waals surface area contributed by atoms with Gasteiger partial charge in [-0.3, -0.25) is 9.36 Å². The lowest BCUT2D eigenvalue weighted by Gasteiger charge is -2.02. The molecule has 0 aromatic carbocycles. The third kappa shape index (κ3) is 1.60. The van der Waals surface area contributed by atoms with Gasteiger partial charge in [0.25, 0.3) is 0 Å². The molecule has 0 aliphatic rings. The van der Waals surface area contributed by atoms with E-state index in [0.29, 0.717) is 6.29 Å². The van der Waals surface area contributed by atoms with Crippen molar-refractivity contribution in [3.63, 3.8) is 0 Å². The van der Waals surface area contributed by atoms with Crippen LogP contribution in [0.1, 0.15) is 10.6 Å². The van der Waals surface area contributed by atoms with Crippen molar-refractivity contribution in [3.05, 3.63) is 16.1 Å². The van der Waals surface area contributed by atoms with Crippen molar-refractivity contribution in [1.29, 1.82) is 0 Å². The number of carbonyl (C=O) groups excluding carboxylic acids is 1. The van der Waals surface area contributed by atoms with Gasteiger partial charge in [0.1, 0.15) is 11.9 Å². The molecule has 6 heteroatoms. The summed E-state index contributed by atoms with van der Waals surface area (Å²) >= 11 is 11.3. The minimum absolute atomic E-state index is 0.107. The highest BCUT2D eigenvalue weighted by molar-refractivity contribution is 6.40. The van der Waals surface area contributed by atoms with Crippen molar-refractivity contribution in [2.45, 2.75) is 6.73 Å². The average Bonchev–Trinajstić information content (AvgIpc) is 2.33. The van der Waals surface area contributed by atoms with Gasteiger partial charge in [0.15, 0.2) is 17.3 Å². The molecule has 1 aromatic heterocycles. The predicted octanol–water partition coefficient (Wildman–Crippen LogP) is 1.61. The van der Waals surface area contributed by atoms with Crippen molar-refractivity contribution in [1.82, 2.24) is 9.55 Å². The molecule has 0 aliphatic carbocycles. The normalized spacial score (nSPS) is 10.2. The van der Waals surface area contributed by atoms with E-state index in [1.807, 2.05) is 0 Å². The number of imidazole rings is 1. The quantitative estimate of drug-likeness (QED) is 0.710. The van der Waals surface area contributed by atoms with E-state index in [4.69, 9.17) is 27.9 Å². The molecule has 12 heavy (non-hydrogen) atoms. The molecule has 1 heterocycles. The largest absolute Gasteiger partial charge is 0.364 e. The highest BCUT2D eigenvalue weighted by Crippen LogP contribution is 2.21. The van der Waals surface area contributed by atoms with Gasteiger partial charge in [-0.25, -0.2) is 4.98 Å². The van der Waals surface area contributed by atoms with E-state index in [2.05, 4.69) is 4.98 Å². The second kappa shape index (κ2) is 3.89. The van der Waals surface area contributed by atoms with E-state index < -0.39 is 0 Å². The molecule has 1 rings (SSSR count). The summed E-state index contributed by atoms with van der Waals surface area (Å²) < 4.78 is 6.16. The first-order valence-electron chi connectivity index (χ1n) is 3.06. The van der Waals surface area contributed by atoms with E-state index in [-0.39, 0.29) is 22.9 Å². The molecule has 0 radical (unpaired) electrons. The Morgan fingerprint density at radius 3 is 2.83 bits per heavy atom. The van der Waals surface area contributed by atoms with Crippen LogP contribution in [0.15, 0.2) is 0 Å². The summed E-state index contributed by atoms with van der Waals surface area (Å²) in [4.78, 5) is 14.1. The zero-order valence-electron chi connectivity index (χ0n) is 6.25. The second-order valence-corrected chi connectivity index (χ2v) is 2.73. The van der Waals surface area contributed by atoms with Crippen molar-refractivity contribution in [2.24, 2.45) is 0 Å². The van der Waals surface area contributed by atoms with E-state index >= 15 is 0 Å². The van der Waals surface area contributed by atoms with E-state index in [9.17, 15) is 4.79 Å². The fourth-order valence-electron chi connectivity index (χ4n) is 0.761. The molecule has 0 saturated heterocycles. The lowest BCUT2D eigenvalue weighted by atomic mass is 10.7. The van der Waals surface area contributed by atoms with Gasteiger partial charge in [-0.15, -0.1) is 0 Å². The van der Waals surface area contributed by atoms with E-state index in [1.165, 1.54) is 11.7 Å². The lowest BCUT2D eigenvalue weighted by molar-refractivity contribution is 0.106. The van der Waals surface area contributed by atoms with Crippen LogP contribution in [0.4, 0.5) is 0 Å². The van der Waals surface area contributed by atoms with Gasteiger partial charge in [0.05, 0.1) is 0 Å². The number of methoxy groups -OCH3 is 1. The number of rotatable bonds is 3. The predicted molar refractivity (Wildman–Crippen MR) is 44.6 cm³/mol. The van der Waals surface area contributed by atoms with Crippen molar-refractivity contribution in [3.8, 4) is 0 Å². The molecule has 0 atom stereocenters. The third-order valence-corrected chi connectivity index (χ3v) is 2.00. The molecule has 0 bridgehead atoms. The van der Waals surface area contributed by atoms with Crippen LogP contribution in [0.25, 0.3) is 0 Å². The van der Waals surface area contributed by atoms with Gasteiger partial charge in [-0.1, -0.05) is 23.2 Å². The summed E-state index contributed by atoms with van der Waals surface area (Å²) in [6.07, 6.45) is 0.566. The average molecular weight is 209 g/mol. The fourth-order valence-corrected chi connectivity index (χ4v) is 1.13. The number of aldehydes is 1. The van der Waals surface area contributed by atoms with Crippen LogP contribution in [-0.4, -0.2) is 22.9 Å². The second-order valence-electron chi connectivity index (χ2n) is 2.02. The maximum absolute atomic E-state index is 10.4. The zero-order valence-corrected chi connectivity index (χ0v) is 7.76. The molecule has 0 unspecified atom stereocenters. The highest BCUT2D eigenvalue weighted by Gasteiger charge is 2.12. The van der Waals surface area contributed by atoms with Crippen molar-refractivity contribution < 1.29 is 9.53 Å². The van der Waals surface area contributed by atoms with Crippen LogP contribution in [0.5, 0.6) is 0 Å². The van der Waals surface area contributed by atoms with Crippen LogP contribution < -0.4 is 0 Å². The Morgan fingerprint density at radius 1 is 1.67 bits per heavy atom. The number of ether oxygens (including phenoxy) is 1. The third-order valence-electron chi connectivity index (χ3n) is 1.26. The van der Waals surface area contributed by atoms with Gasteiger partial charge < -0.3 is 4.74 Å². The highest BCUT2D eigenvalue weighted by atomic mass is 35.5. The Balaban J connectivity index is 3.11. The van der Waals surface area contributed by atoms with Gasteiger partial charge in [0, 0.05) is 7.11 Å².